The van der Waals surface area contributed by atoms with Crippen LogP contribution >= 0.6 is 0 Å². The molecule has 1 unspecified atom stereocenters. The van der Waals surface area contributed by atoms with Gasteiger partial charge in [0.25, 0.3) is 0 Å². The minimum absolute atomic E-state index is 0.145. The Morgan fingerprint density at radius 3 is 2.60 bits per heavy atom. The third-order valence-corrected chi connectivity index (χ3v) is 5.46. The third-order valence-electron chi connectivity index (χ3n) is 5.46. The van der Waals surface area contributed by atoms with Crippen LogP contribution in [0, 0.1) is 5.82 Å². The summed E-state index contributed by atoms with van der Waals surface area (Å²) in [5.41, 5.74) is 3.76. The van der Waals surface area contributed by atoms with Gasteiger partial charge in [0.1, 0.15) is 5.82 Å². The fourth-order valence-corrected chi connectivity index (χ4v) is 3.98. The summed E-state index contributed by atoms with van der Waals surface area (Å²) in [5, 5.41) is 0. The molecule has 2 aliphatic rings. The van der Waals surface area contributed by atoms with Crippen LogP contribution in [0.25, 0.3) is 0 Å². The van der Waals surface area contributed by atoms with Crippen LogP contribution in [0.3, 0.4) is 0 Å². The van der Waals surface area contributed by atoms with Crippen molar-refractivity contribution in [1.29, 1.82) is 0 Å². The highest BCUT2D eigenvalue weighted by molar-refractivity contribution is 5.79. The van der Waals surface area contributed by atoms with Gasteiger partial charge >= 0.3 is 0 Å². The van der Waals surface area contributed by atoms with E-state index in [2.05, 4.69) is 29.2 Å². The second kappa shape index (κ2) is 6.96. The van der Waals surface area contributed by atoms with E-state index in [0.29, 0.717) is 12.5 Å². The zero-order chi connectivity index (χ0) is 17.2. The van der Waals surface area contributed by atoms with Gasteiger partial charge in [-0.1, -0.05) is 36.4 Å². The molecular weight excluding hydrogens is 315 g/mol. The molecule has 0 N–H and O–H groups in total. The van der Waals surface area contributed by atoms with Gasteiger partial charge in [-0.3, -0.25) is 9.69 Å². The van der Waals surface area contributed by atoms with E-state index < -0.39 is 0 Å². The van der Waals surface area contributed by atoms with Gasteiger partial charge < -0.3 is 4.90 Å². The van der Waals surface area contributed by atoms with Crippen molar-refractivity contribution in [2.24, 2.45) is 0 Å². The van der Waals surface area contributed by atoms with Crippen molar-refractivity contribution in [3.05, 3.63) is 71.0 Å². The molecule has 25 heavy (non-hydrogen) atoms. The molecule has 3 nitrogen and oxygen atoms in total. The zero-order valence-electron chi connectivity index (χ0n) is 14.3. The molecule has 1 atom stereocenters. The van der Waals surface area contributed by atoms with Gasteiger partial charge in [0.15, 0.2) is 0 Å². The lowest BCUT2D eigenvalue weighted by atomic mass is 9.98. The second-order valence-corrected chi connectivity index (χ2v) is 7.07. The van der Waals surface area contributed by atoms with Crippen LogP contribution < -0.4 is 0 Å². The average Bonchev–Trinajstić information content (AvgIpc) is 3.13. The molecule has 1 amide bonds. The van der Waals surface area contributed by atoms with Crippen LogP contribution in [0.1, 0.15) is 23.1 Å². The van der Waals surface area contributed by atoms with E-state index in [4.69, 9.17) is 0 Å². The summed E-state index contributed by atoms with van der Waals surface area (Å²) in [7, 11) is 0. The average molecular weight is 338 g/mol. The maximum atomic E-state index is 13.0. The molecule has 0 aliphatic carbocycles. The molecule has 2 heterocycles. The number of amides is 1. The summed E-state index contributed by atoms with van der Waals surface area (Å²) in [6.45, 7) is 3.69. The summed E-state index contributed by atoms with van der Waals surface area (Å²) >= 11 is 0. The van der Waals surface area contributed by atoms with E-state index in [-0.39, 0.29) is 11.7 Å². The number of halogens is 1. The van der Waals surface area contributed by atoms with Crippen LogP contribution in [0.2, 0.25) is 0 Å². The van der Waals surface area contributed by atoms with Gasteiger partial charge in [-0.25, -0.2) is 4.39 Å². The Morgan fingerprint density at radius 2 is 1.80 bits per heavy atom. The smallest absolute Gasteiger partial charge is 0.227 e. The Labute approximate surface area is 148 Å². The number of likely N-dealkylation sites (tertiary alicyclic amines) is 1. The molecule has 2 aromatic carbocycles. The Bertz CT molecular complexity index is 759. The van der Waals surface area contributed by atoms with Gasteiger partial charge in [0.2, 0.25) is 5.91 Å². The highest BCUT2D eigenvalue weighted by Crippen LogP contribution is 2.24. The van der Waals surface area contributed by atoms with Gasteiger partial charge in [0.05, 0.1) is 6.42 Å². The fraction of sp³-hybridized carbons (Fsp3) is 0.381. The zero-order valence-corrected chi connectivity index (χ0v) is 14.3. The maximum absolute atomic E-state index is 13.0. The van der Waals surface area contributed by atoms with E-state index in [9.17, 15) is 9.18 Å². The second-order valence-electron chi connectivity index (χ2n) is 7.07. The van der Waals surface area contributed by atoms with Crippen molar-refractivity contribution < 1.29 is 9.18 Å². The number of hydrogen-bond acceptors (Lipinski definition) is 2. The number of fused-ring (bicyclic) bond motifs is 1. The molecule has 0 spiro atoms. The van der Waals surface area contributed by atoms with Crippen molar-refractivity contribution in [2.45, 2.75) is 31.8 Å². The molecule has 1 saturated heterocycles. The number of carbonyl (C=O) groups is 1. The summed E-state index contributed by atoms with van der Waals surface area (Å²) < 4.78 is 13.0. The molecule has 4 rings (SSSR count). The van der Waals surface area contributed by atoms with E-state index in [1.165, 1.54) is 23.3 Å². The SMILES string of the molecule is O=C(Cc1ccc(F)cc1)N1CCC(N2CCc3ccccc3C2)C1. The van der Waals surface area contributed by atoms with Crippen molar-refractivity contribution in [2.75, 3.05) is 19.6 Å². The largest absolute Gasteiger partial charge is 0.341 e. The highest BCUT2D eigenvalue weighted by Gasteiger charge is 2.31. The van der Waals surface area contributed by atoms with E-state index in [1.54, 1.807) is 12.1 Å². The molecule has 4 heteroatoms. The van der Waals surface area contributed by atoms with Crippen molar-refractivity contribution >= 4 is 5.91 Å². The summed E-state index contributed by atoms with van der Waals surface area (Å²) in [6.07, 6.45) is 2.49. The predicted octanol–water partition coefficient (Wildman–Crippen LogP) is 3.03. The molecule has 1 fully saturated rings. The van der Waals surface area contributed by atoms with Crippen LogP contribution in [0.15, 0.2) is 48.5 Å². The van der Waals surface area contributed by atoms with E-state index in [1.807, 2.05) is 4.90 Å². The van der Waals surface area contributed by atoms with Gasteiger partial charge in [-0.05, 0) is 41.7 Å². The standard InChI is InChI=1S/C21H23FN2O/c22-19-7-5-16(6-8-19)13-21(25)24-12-10-20(15-24)23-11-9-17-3-1-2-4-18(17)14-23/h1-8,20H,9-15H2. The number of benzene rings is 2. The minimum atomic E-state index is -0.261. The summed E-state index contributed by atoms with van der Waals surface area (Å²) in [6, 6.07) is 15.3. The van der Waals surface area contributed by atoms with Crippen LogP contribution in [-0.2, 0) is 24.2 Å². The molecule has 130 valence electrons. The van der Waals surface area contributed by atoms with E-state index >= 15 is 0 Å². The lowest BCUT2D eigenvalue weighted by Crippen LogP contribution is -2.41. The van der Waals surface area contributed by atoms with Crippen LogP contribution in [-0.4, -0.2) is 41.4 Å². The van der Waals surface area contributed by atoms with Gasteiger partial charge in [-0.2, -0.15) is 0 Å². The van der Waals surface area contributed by atoms with Gasteiger partial charge in [-0.15, -0.1) is 0 Å². The molecule has 0 radical (unpaired) electrons. The predicted molar refractivity (Wildman–Crippen MR) is 95.6 cm³/mol. The Morgan fingerprint density at radius 1 is 1.04 bits per heavy atom. The Hall–Kier alpha value is -2.20. The first-order chi connectivity index (χ1) is 12.2. The lowest BCUT2D eigenvalue weighted by molar-refractivity contribution is -0.129. The monoisotopic (exact) mass is 338 g/mol. The van der Waals surface area contributed by atoms with Crippen LogP contribution in [0.4, 0.5) is 4.39 Å². The first-order valence-electron chi connectivity index (χ1n) is 9.02. The Balaban J connectivity index is 1.35. The molecule has 0 aromatic heterocycles. The maximum Gasteiger partial charge on any atom is 0.227 e. The first kappa shape index (κ1) is 16.3. The lowest BCUT2D eigenvalue weighted by Gasteiger charge is -2.33. The quantitative estimate of drug-likeness (QED) is 0.859. The van der Waals surface area contributed by atoms with Crippen molar-refractivity contribution in [3.63, 3.8) is 0 Å². The highest BCUT2D eigenvalue weighted by atomic mass is 19.1. The Kier molecular flexibility index (Phi) is 4.53. The molecule has 2 aliphatic heterocycles. The van der Waals surface area contributed by atoms with Gasteiger partial charge in [0, 0.05) is 32.2 Å². The first-order valence-corrected chi connectivity index (χ1v) is 9.02. The summed E-state index contributed by atoms with van der Waals surface area (Å²) in [4.78, 5) is 17.0. The molecule has 0 bridgehead atoms. The van der Waals surface area contributed by atoms with Crippen LogP contribution in [0.5, 0.6) is 0 Å². The minimum Gasteiger partial charge on any atom is -0.341 e. The van der Waals surface area contributed by atoms with Crippen molar-refractivity contribution in [1.82, 2.24) is 9.80 Å². The van der Waals surface area contributed by atoms with Crippen molar-refractivity contribution in [3.8, 4) is 0 Å². The molecule has 0 saturated carbocycles. The number of nitrogens with zero attached hydrogens (tertiary/aromatic N) is 2. The number of carbonyl (C=O) groups excluding carboxylic acids is 1. The third kappa shape index (κ3) is 3.59. The molecule has 2 aromatic rings. The van der Waals surface area contributed by atoms with E-state index in [0.717, 1.165) is 44.6 Å². The summed E-state index contributed by atoms with van der Waals surface area (Å²) in [5.74, 6) is -0.116. The number of hydrogen-bond donors (Lipinski definition) is 0. The topological polar surface area (TPSA) is 23.6 Å². The fourth-order valence-electron chi connectivity index (χ4n) is 3.98. The normalized spacial score (nSPS) is 20.5. The number of rotatable bonds is 3. The molecular formula is C21H23FN2O.